The molecule has 2 aliphatic rings. The molecule has 1 aromatic rings. The Kier molecular flexibility index (Phi) is 5.81. The van der Waals surface area contributed by atoms with Gasteiger partial charge in [-0.15, -0.1) is 11.5 Å². The Hall–Kier alpha value is -1.37. The van der Waals surface area contributed by atoms with Crippen LogP contribution in [0, 0.1) is 17.4 Å². The molecule has 0 spiro atoms. The number of benzene rings is 1. The molecule has 2 bridgehead atoms. The highest BCUT2D eigenvalue weighted by atomic mass is 28.3. The van der Waals surface area contributed by atoms with Gasteiger partial charge >= 0.3 is 0 Å². The second-order valence-electron chi connectivity index (χ2n) is 8.76. The average molecular weight is 354 g/mol. The number of nitrogens with zero attached hydrogens (tertiary/aromatic N) is 1. The van der Waals surface area contributed by atoms with Gasteiger partial charge in [-0.2, -0.15) is 0 Å². The van der Waals surface area contributed by atoms with Crippen molar-refractivity contribution >= 4 is 13.9 Å². The largest absolute Gasteiger partial charge is 0.298 e. The Labute approximate surface area is 154 Å². The van der Waals surface area contributed by atoms with Gasteiger partial charge in [0.2, 0.25) is 0 Å². The highest BCUT2D eigenvalue weighted by Crippen LogP contribution is 2.38. The molecule has 25 heavy (non-hydrogen) atoms. The molecule has 2 fully saturated rings. The van der Waals surface area contributed by atoms with E-state index in [0.29, 0.717) is 24.3 Å². The molecule has 2 aliphatic heterocycles. The van der Waals surface area contributed by atoms with Gasteiger partial charge < -0.3 is 0 Å². The topological polar surface area (TPSA) is 20.3 Å². The van der Waals surface area contributed by atoms with Gasteiger partial charge in [-0.3, -0.25) is 9.69 Å². The second kappa shape index (κ2) is 7.89. The van der Waals surface area contributed by atoms with Crippen LogP contribution in [-0.4, -0.2) is 30.8 Å². The van der Waals surface area contributed by atoms with E-state index >= 15 is 0 Å². The van der Waals surface area contributed by atoms with Gasteiger partial charge in [-0.25, -0.2) is 0 Å². The first-order valence-electron chi connectivity index (χ1n) is 9.75. The number of ketones is 1. The van der Waals surface area contributed by atoms with Gasteiger partial charge in [0, 0.05) is 24.5 Å². The number of carbonyl (C=O) groups is 1. The van der Waals surface area contributed by atoms with Gasteiger partial charge in [0.05, 0.1) is 6.42 Å². The van der Waals surface area contributed by atoms with Gasteiger partial charge in [-0.1, -0.05) is 56.4 Å². The zero-order valence-electron chi connectivity index (χ0n) is 15.9. The number of rotatable bonds is 4. The van der Waals surface area contributed by atoms with Crippen molar-refractivity contribution in [3.05, 3.63) is 35.9 Å². The van der Waals surface area contributed by atoms with Crippen LogP contribution in [0.2, 0.25) is 19.6 Å². The third-order valence-corrected chi connectivity index (χ3v) is 6.44. The molecule has 3 heteroatoms. The number of fused-ring (bicyclic) bond motifs is 2. The summed E-state index contributed by atoms with van der Waals surface area (Å²) in [7, 11) is -1.37. The zero-order chi connectivity index (χ0) is 17.9. The minimum absolute atomic E-state index is 0.234. The highest BCUT2D eigenvalue weighted by Gasteiger charge is 2.40. The summed E-state index contributed by atoms with van der Waals surface area (Å²) in [6.07, 6.45) is 6.35. The maximum atomic E-state index is 12.7. The van der Waals surface area contributed by atoms with Crippen molar-refractivity contribution in [2.24, 2.45) is 5.92 Å². The van der Waals surface area contributed by atoms with Crippen LogP contribution < -0.4 is 0 Å². The third kappa shape index (κ3) is 5.06. The Morgan fingerprint density at radius 3 is 2.36 bits per heavy atom. The van der Waals surface area contributed by atoms with E-state index in [4.69, 9.17) is 0 Å². The summed E-state index contributed by atoms with van der Waals surface area (Å²) >= 11 is 0. The van der Waals surface area contributed by atoms with Crippen molar-refractivity contribution in [2.45, 2.75) is 76.8 Å². The monoisotopic (exact) mass is 353 g/mol. The molecule has 2 saturated heterocycles. The number of Topliss-reactive ketones (excluding diaryl/α,β-unsaturated/α-hetero) is 1. The Bertz CT molecular complexity index is 638. The second-order valence-corrected chi connectivity index (χ2v) is 13.5. The van der Waals surface area contributed by atoms with E-state index < -0.39 is 8.07 Å². The zero-order valence-corrected chi connectivity index (χ0v) is 16.9. The summed E-state index contributed by atoms with van der Waals surface area (Å²) in [6, 6.07) is 11.9. The van der Waals surface area contributed by atoms with E-state index in [1.54, 1.807) is 0 Å². The summed E-state index contributed by atoms with van der Waals surface area (Å²) in [5, 5.41) is 0. The molecule has 0 radical (unpaired) electrons. The van der Waals surface area contributed by atoms with Crippen molar-refractivity contribution in [2.75, 3.05) is 0 Å². The van der Waals surface area contributed by atoms with Crippen LogP contribution in [-0.2, 0) is 11.3 Å². The molecule has 0 N–H and O–H groups in total. The van der Waals surface area contributed by atoms with Crippen molar-refractivity contribution in [1.82, 2.24) is 4.90 Å². The van der Waals surface area contributed by atoms with Crippen molar-refractivity contribution in [3.63, 3.8) is 0 Å². The van der Waals surface area contributed by atoms with E-state index in [0.717, 1.165) is 19.4 Å². The van der Waals surface area contributed by atoms with Crippen molar-refractivity contribution < 1.29 is 4.79 Å². The SMILES string of the molecule is C[Si](C)(C)C#CCC(=O)C1CC2CCCC(C1)N2Cc1ccccc1. The molecule has 2 nitrogen and oxygen atoms in total. The minimum Gasteiger partial charge on any atom is -0.298 e. The van der Waals surface area contributed by atoms with E-state index in [2.05, 4.69) is 66.3 Å². The molecular formula is C22H31NOSi. The lowest BCUT2D eigenvalue weighted by molar-refractivity contribution is -0.126. The van der Waals surface area contributed by atoms with Gasteiger partial charge in [0.1, 0.15) is 13.9 Å². The van der Waals surface area contributed by atoms with Gasteiger partial charge in [0.25, 0.3) is 0 Å². The lowest BCUT2D eigenvalue weighted by atomic mass is 9.76. The Morgan fingerprint density at radius 1 is 1.12 bits per heavy atom. The van der Waals surface area contributed by atoms with Crippen LogP contribution in [0.25, 0.3) is 0 Å². The predicted molar refractivity (Wildman–Crippen MR) is 107 cm³/mol. The summed E-state index contributed by atoms with van der Waals surface area (Å²) < 4.78 is 0. The van der Waals surface area contributed by atoms with Crippen LogP contribution >= 0.6 is 0 Å². The quantitative estimate of drug-likeness (QED) is 0.579. The maximum Gasteiger partial charge on any atom is 0.147 e. The first kappa shape index (κ1) is 18.4. The molecular weight excluding hydrogens is 322 g/mol. The molecule has 2 unspecified atom stereocenters. The normalized spacial score (nSPS) is 26.6. The van der Waals surface area contributed by atoms with Gasteiger partial charge in [-0.05, 0) is 31.2 Å². The molecule has 2 atom stereocenters. The molecule has 0 aliphatic carbocycles. The first-order chi connectivity index (χ1) is 11.9. The smallest absolute Gasteiger partial charge is 0.147 e. The summed E-state index contributed by atoms with van der Waals surface area (Å²) in [5.41, 5.74) is 4.74. The van der Waals surface area contributed by atoms with Crippen molar-refractivity contribution in [3.8, 4) is 11.5 Å². The standard InChI is InChI=1S/C22H31NOSi/c1-25(2,3)14-8-13-22(24)19-15-20-11-7-12-21(16-19)23(20)17-18-9-5-4-6-10-18/h4-6,9-10,19-21H,7,11-13,15-17H2,1-3H3. The Balaban J connectivity index is 1.62. The lowest BCUT2D eigenvalue weighted by Crippen LogP contribution is -2.52. The van der Waals surface area contributed by atoms with E-state index in [9.17, 15) is 4.79 Å². The van der Waals surface area contributed by atoms with Crippen LogP contribution in [0.5, 0.6) is 0 Å². The van der Waals surface area contributed by atoms with E-state index in [1.165, 1.54) is 24.8 Å². The number of hydrogen-bond acceptors (Lipinski definition) is 2. The van der Waals surface area contributed by atoms with Crippen molar-refractivity contribution in [1.29, 1.82) is 0 Å². The summed E-state index contributed by atoms with van der Waals surface area (Å²) in [4.78, 5) is 15.4. The third-order valence-electron chi connectivity index (χ3n) is 5.52. The number of piperidine rings is 2. The predicted octanol–water partition coefficient (Wildman–Crippen LogP) is 4.66. The molecule has 0 saturated carbocycles. The van der Waals surface area contributed by atoms with Crippen LogP contribution in [0.3, 0.4) is 0 Å². The molecule has 2 heterocycles. The van der Waals surface area contributed by atoms with Crippen LogP contribution in [0.1, 0.15) is 44.1 Å². The summed E-state index contributed by atoms with van der Waals surface area (Å²) in [6.45, 7) is 7.73. The lowest BCUT2D eigenvalue weighted by Gasteiger charge is -2.48. The highest BCUT2D eigenvalue weighted by molar-refractivity contribution is 6.83. The summed E-state index contributed by atoms with van der Waals surface area (Å²) in [5.74, 6) is 3.81. The fourth-order valence-electron chi connectivity index (χ4n) is 4.33. The fraction of sp³-hybridized carbons (Fsp3) is 0.591. The maximum absolute atomic E-state index is 12.7. The van der Waals surface area contributed by atoms with E-state index in [-0.39, 0.29) is 5.92 Å². The average Bonchev–Trinajstić information content (AvgIpc) is 2.54. The molecule has 1 aromatic carbocycles. The molecule has 0 aromatic heterocycles. The minimum atomic E-state index is -1.37. The molecule has 134 valence electrons. The first-order valence-corrected chi connectivity index (χ1v) is 13.2. The van der Waals surface area contributed by atoms with Crippen LogP contribution in [0.15, 0.2) is 30.3 Å². The number of hydrogen-bond donors (Lipinski definition) is 0. The molecule has 3 rings (SSSR count). The number of carbonyl (C=O) groups excluding carboxylic acids is 1. The van der Waals surface area contributed by atoms with Crippen LogP contribution in [0.4, 0.5) is 0 Å². The van der Waals surface area contributed by atoms with Gasteiger partial charge in [0.15, 0.2) is 0 Å². The fourth-order valence-corrected chi connectivity index (χ4v) is 4.95. The Morgan fingerprint density at radius 2 is 1.76 bits per heavy atom. The molecule has 0 amide bonds. The van der Waals surface area contributed by atoms with E-state index in [1.807, 2.05) is 0 Å².